The van der Waals surface area contributed by atoms with Gasteiger partial charge in [0.15, 0.2) is 0 Å². The van der Waals surface area contributed by atoms with Gasteiger partial charge in [-0.25, -0.2) is 9.80 Å². The van der Waals surface area contributed by atoms with Crippen LogP contribution in [-0.2, 0) is 19.2 Å². The Balaban J connectivity index is 1.41. The van der Waals surface area contributed by atoms with E-state index in [0.29, 0.717) is 11.4 Å². The quantitative estimate of drug-likeness (QED) is 0.271. The van der Waals surface area contributed by atoms with Crippen molar-refractivity contribution in [1.29, 1.82) is 0 Å². The molecule has 172 valence electrons. The van der Waals surface area contributed by atoms with Gasteiger partial charge in [-0.1, -0.05) is 12.2 Å². The number of aryl methyl sites for hydroxylation is 2. The molecule has 2 aromatic carbocycles. The molecule has 4 atom stereocenters. The average Bonchev–Trinajstić information content (AvgIpc) is 3.22. The van der Waals surface area contributed by atoms with Crippen LogP contribution in [0.15, 0.2) is 48.6 Å². The molecule has 7 rings (SSSR count). The van der Waals surface area contributed by atoms with Gasteiger partial charge in [0.2, 0.25) is 23.6 Å². The van der Waals surface area contributed by atoms with Gasteiger partial charge in [-0.2, -0.15) is 0 Å². The molecule has 0 radical (unpaired) electrons. The van der Waals surface area contributed by atoms with Gasteiger partial charge >= 0.3 is 0 Å². The summed E-state index contributed by atoms with van der Waals surface area (Å²) in [6, 6.07) is 11.2. The molecule has 2 aromatic rings. The SMILES string of the molecule is Cc1cc(I)ccc1N1C(=O)C2C3C=CC(C2C1=O)C1C(=O)N(c2ccc(I)cc2C)C(=O)C31. The summed E-state index contributed by atoms with van der Waals surface area (Å²) >= 11 is 4.40. The van der Waals surface area contributed by atoms with Crippen LogP contribution in [0.1, 0.15) is 11.1 Å². The third-order valence-corrected chi connectivity index (χ3v) is 9.15. The van der Waals surface area contributed by atoms with Crippen molar-refractivity contribution in [2.45, 2.75) is 13.8 Å². The fraction of sp³-hybridized carbons (Fsp3) is 0.308. The van der Waals surface area contributed by atoms with E-state index in [4.69, 9.17) is 0 Å². The van der Waals surface area contributed by atoms with E-state index < -0.39 is 35.5 Å². The molecule has 0 N–H and O–H groups in total. The Labute approximate surface area is 224 Å². The van der Waals surface area contributed by atoms with E-state index in [0.717, 1.165) is 18.3 Å². The van der Waals surface area contributed by atoms with Crippen molar-refractivity contribution in [3.8, 4) is 0 Å². The summed E-state index contributed by atoms with van der Waals surface area (Å²) in [5.41, 5.74) is 2.87. The zero-order valence-electron chi connectivity index (χ0n) is 18.4. The lowest BCUT2D eigenvalue weighted by molar-refractivity contribution is -0.137. The Morgan fingerprint density at radius 2 is 0.912 bits per heavy atom. The zero-order valence-corrected chi connectivity index (χ0v) is 22.7. The normalized spacial score (nSPS) is 31.5. The van der Waals surface area contributed by atoms with Gasteiger partial charge in [0.1, 0.15) is 0 Å². The van der Waals surface area contributed by atoms with Crippen LogP contribution in [-0.4, -0.2) is 23.6 Å². The van der Waals surface area contributed by atoms with E-state index in [1.165, 1.54) is 9.80 Å². The number of allylic oxidation sites excluding steroid dienone is 2. The number of rotatable bonds is 2. The summed E-state index contributed by atoms with van der Waals surface area (Å²) in [4.78, 5) is 57.2. The van der Waals surface area contributed by atoms with Crippen LogP contribution in [0.3, 0.4) is 0 Å². The predicted octanol–water partition coefficient (Wildman–Crippen LogP) is 4.24. The summed E-state index contributed by atoms with van der Waals surface area (Å²) in [6.45, 7) is 3.77. The van der Waals surface area contributed by atoms with Gasteiger partial charge < -0.3 is 0 Å². The Bertz CT molecular complexity index is 1210. The van der Waals surface area contributed by atoms with Crippen molar-refractivity contribution >= 4 is 80.2 Å². The van der Waals surface area contributed by atoms with Crippen molar-refractivity contribution in [2.24, 2.45) is 35.5 Å². The van der Waals surface area contributed by atoms with Gasteiger partial charge in [-0.05, 0) is 107 Å². The van der Waals surface area contributed by atoms with Crippen LogP contribution in [0.5, 0.6) is 0 Å². The van der Waals surface area contributed by atoms with Crippen molar-refractivity contribution in [2.75, 3.05) is 9.80 Å². The lowest BCUT2D eigenvalue weighted by Gasteiger charge is -2.44. The highest BCUT2D eigenvalue weighted by Crippen LogP contribution is 2.58. The van der Waals surface area contributed by atoms with E-state index in [1.807, 2.05) is 50.3 Å². The predicted molar refractivity (Wildman–Crippen MR) is 143 cm³/mol. The van der Waals surface area contributed by atoms with Crippen LogP contribution in [0.2, 0.25) is 0 Å². The number of nitrogens with zero attached hydrogens (tertiary/aromatic N) is 2. The summed E-state index contributed by atoms with van der Waals surface area (Å²) in [5.74, 6) is -4.43. The molecule has 1 saturated carbocycles. The standard InChI is InChI=1S/C26H20I2N2O4/c1-11-9-13(27)3-7-17(11)29-23(31)19-15-5-6-16(20(19)24(29)32)22-21(15)25(33)30(26(22)34)18-8-4-14(28)10-12(18)2/h3-10,15-16,19-22H,1-2H3. The molecule has 34 heavy (non-hydrogen) atoms. The molecule has 2 aliphatic heterocycles. The second kappa shape index (κ2) is 7.71. The molecule has 3 fully saturated rings. The number of anilines is 2. The minimum Gasteiger partial charge on any atom is -0.274 e. The largest absolute Gasteiger partial charge is 0.274 e. The van der Waals surface area contributed by atoms with Gasteiger partial charge in [0.25, 0.3) is 0 Å². The molecule has 2 saturated heterocycles. The summed E-state index contributed by atoms with van der Waals surface area (Å²) in [5, 5.41) is 0. The van der Waals surface area contributed by atoms with E-state index in [1.54, 1.807) is 12.1 Å². The Morgan fingerprint density at radius 1 is 0.588 bits per heavy atom. The summed E-state index contributed by atoms with van der Waals surface area (Å²) in [6.07, 6.45) is 3.80. The third-order valence-electron chi connectivity index (χ3n) is 7.81. The minimum atomic E-state index is -0.614. The molecule has 2 bridgehead atoms. The van der Waals surface area contributed by atoms with Gasteiger partial charge in [-0.15, -0.1) is 0 Å². The molecule has 4 amide bonds. The molecular formula is C26H20I2N2O4. The maximum absolute atomic E-state index is 13.7. The molecule has 5 aliphatic rings. The molecule has 3 aliphatic carbocycles. The number of hydrogen-bond donors (Lipinski definition) is 0. The summed E-state index contributed by atoms with van der Waals surface area (Å²) < 4.78 is 2.04. The van der Waals surface area contributed by atoms with E-state index in [2.05, 4.69) is 45.2 Å². The van der Waals surface area contributed by atoms with E-state index in [9.17, 15) is 19.2 Å². The first-order valence-electron chi connectivity index (χ1n) is 11.2. The van der Waals surface area contributed by atoms with E-state index in [-0.39, 0.29) is 23.6 Å². The molecule has 0 spiro atoms. The minimum absolute atomic E-state index is 0.263. The van der Waals surface area contributed by atoms with Gasteiger partial charge in [0, 0.05) is 19.0 Å². The van der Waals surface area contributed by atoms with Crippen LogP contribution in [0.25, 0.3) is 0 Å². The third kappa shape index (κ3) is 2.90. The highest BCUT2D eigenvalue weighted by atomic mass is 127. The van der Waals surface area contributed by atoms with Crippen LogP contribution in [0, 0.1) is 56.5 Å². The maximum atomic E-state index is 13.7. The number of halogens is 2. The summed E-state index contributed by atoms with van der Waals surface area (Å²) in [7, 11) is 0. The van der Waals surface area contributed by atoms with Crippen molar-refractivity contribution in [3.63, 3.8) is 0 Å². The number of benzene rings is 2. The second-order valence-corrected chi connectivity index (χ2v) is 12.0. The number of carbonyl (C=O) groups is 4. The smallest absolute Gasteiger partial charge is 0.238 e. The number of hydrogen-bond acceptors (Lipinski definition) is 4. The monoisotopic (exact) mass is 678 g/mol. The molecular weight excluding hydrogens is 658 g/mol. The Hall–Kier alpha value is -2.08. The van der Waals surface area contributed by atoms with E-state index >= 15 is 0 Å². The van der Waals surface area contributed by atoms with Crippen molar-refractivity contribution < 1.29 is 19.2 Å². The number of imide groups is 2. The van der Waals surface area contributed by atoms with Gasteiger partial charge in [-0.3, -0.25) is 19.2 Å². The lowest BCUT2D eigenvalue weighted by atomic mass is 9.54. The fourth-order valence-electron chi connectivity index (χ4n) is 6.44. The first-order valence-corrected chi connectivity index (χ1v) is 13.3. The van der Waals surface area contributed by atoms with Crippen LogP contribution >= 0.6 is 45.2 Å². The topological polar surface area (TPSA) is 74.8 Å². The highest BCUT2D eigenvalue weighted by Gasteiger charge is 2.69. The Morgan fingerprint density at radius 3 is 1.21 bits per heavy atom. The first kappa shape index (κ1) is 22.4. The average molecular weight is 678 g/mol. The molecule has 8 heteroatoms. The molecule has 4 unspecified atom stereocenters. The lowest BCUT2D eigenvalue weighted by Crippen LogP contribution is -2.50. The maximum Gasteiger partial charge on any atom is 0.238 e. The highest BCUT2D eigenvalue weighted by molar-refractivity contribution is 14.1. The van der Waals surface area contributed by atoms with Crippen molar-refractivity contribution in [1.82, 2.24) is 0 Å². The molecule has 2 heterocycles. The zero-order chi connectivity index (χ0) is 24.0. The Kier molecular flexibility index (Phi) is 5.08. The van der Waals surface area contributed by atoms with Crippen LogP contribution in [0.4, 0.5) is 11.4 Å². The molecule has 6 nitrogen and oxygen atoms in total. The molecule has 0 aromatic heterocycles. The van der Waals surface area contributed by atoms with Crippen LogP contribution < -0.4 is 9.80 Å². The second-order valence-electron chi connectivity index (χ2n) is 9.53. The van der Waals surface area contributed by atoms with Gasteiger partial charge in [0.05, 0.1) is 35.0 Å². The van der Waals surface area contributed by atoms with Crippen molar-refractivity contribution in [3.05, 3.63) is 66.8 Å². The fourth-order valence-corrected chi connectivity index (χ4v) is 7.73. The first-order chi connectivity index (χ1) is 16.2. The number of carbonyl (C=O) groups excluding carboxylic acids is 4. The number of amides is 4.